The van der Waals surface area contributed by atoms with Crippen LogP contribution in [-0.2, 0) is 26.6 Å². The number of hydrogen-bond acceptors (Lipinski definition) is 3. The summed E-state index contributed by atoms with van der Waals surface area (Å²) >= 11 is 0. The number of aryl methyl sites for hydroxylation is 2. The van der Waals surface area contributed by atoms with Crippen molar-refractivity contribution < 1.29 is 8.96 Å². The fourth-order valence-electron chi connectivity index (χ4n) is 4.25. The molecular weight excluding hydrogens is 397 g/mol. The fraction of sp³-hybridized carbons (Fsp3) is 0.261. The van der Waals surface area contributed by atoms with E-state index in [0.29, 0.717) is 29.8 Å². The highest BCUT2D eigenvalue weighted by Crippen LogP contribution is 2.26. The predicted molar refractivity (Wildman–Crippen MR) is 116 cm³/mol. The SMILES string of the molecule is CCc1ccc(N2CC[n+]3c2[nH]c2c3c(=O)n(Cc3ccccc3F)c(=O)n2C)cc1. The normalized spacial score (nSPS) is 13.2. The molecule has 1 aliphatic heterocycles. The molecule has 7 nitrogen and oxygen atoms in total. The van der Waals surface area contributed by atoms with E-state index in [1.807, 2.05) is 4.57 Å². The first-order valence-electron chi connectivity index (χ1n) is 10.3. The molecule has 8 heteroatoms. The molecule has 1 aliphatic rings. The highest BCUT2D eigenvalue weighted by Gasteiger charge is 2.35. The Morgan fingerprint density at radius 3 is 2.55 bits per heavy atom. The van der Waals surface area contributed by atoms with E-state index in [0.717, 1.165) is 22.6 Å². The van der Waals surface area contributed by atoms with Gasteiger partial charge in [-0.05, 0) is 30.2 Å². The minimum Gasteiger partial charge on any atom is -0.267 e. The van der Waals surface area contributed by atoms with E-state index in [1.165, 1.54) is 16.2 Å². The van der Waals surface area contributed by atoms with Crippen molar-refractivity contribution in [1.82, 2.24) is 14.1 Å². The van der Waals surface area contributed by atoms with E-state index >= 15 is 0 Å². The average molecular weight is 420 g/mol. The molecular formula is C23H23FN5O2+. The van der Waals surface area contributed by atoms with Gasteiger partial charge in [-0.2, -0.15) is 0 Å². The third kappa shape index (κ3) is 2.98. The molecule has 0 saturated carbocycles. The maximum Gasteiger partial charge on any atom is 0.364 e. The Labute approximate surface area is 177 Å². The highest BCUT2D eigenvalue weighted by atomic mass is 19.1. The molecule has 0 unspecified atom stereocenters. The van der Waals surface area contributed by atoms with Crippen molar-refractivity contribution in [3.05, 3.63) is 86.3 Å². The number of benzene rings is 2. The van der Waals surface area contributed by atoms with Crippen LogP contribution >= 0.6 is 0 Å². The maximum absolute atomic E-state index is 14.2. The van der Waals surface area contributed by atoms with Crippen molar-refractivity contribution in [3.8, 4) is 0 Å². The van der Waals surface area contributed by atoms with Gasteiger partial charge in [0.1, 0.15) is 24.6 Å². The van der Waals surface area contributed by atoms with Crippen LogP contribution in [0, 0.1) is 5.82 Å². The van der Waals surface area contributed by atoms with E-state index in [-0.39, 0.29) is 6.54 Å². The molecule has 1 N–H and O–H groups in total. The summed E-state index contributed by atoms with van der Waals surface area (Å²) in [4.78, 5) is 31.6. The zero-order valence-corrected chi connectivity index (χ0v) is 17.4. The van der Waals surface area contributed by atoms with Crippen LogP contribution in [0.5, 0.6) is 0 Å². The first-order chi connectivity index (χ1) is 15.0. The molecule has 0 aliphatic carbocycles. The summed E-state index contributed by atoms with van der Waals surface area (Å²) in [7, 11) is 1.62. The van der Waals surface area contributed by atoms with Gasteiger partial charge in [0.2, 0.25) is 11.2 Å². The van der Waals surface area contributed by atoms with Crippen LogP contribution < -0.4 is 20.7 Å². The van der Waals surface area contributed by atoms with Crippen molar-refractivity contribution >= 4 is 22.8 Å². The van der Waals surface area contributed by atoms with Crippen molar-refractivity contribution in [2.75, 3.05) is 11.4 Å². The lowest BCUT2D eigenvalue weighted by Gasteiger charge is -2.10. The van der Waals surface area contributed by atoms with Crippen LogP contribution in [0.2, 0.25) is 0 Å². The minimum absolute atomic E-state index is 0.114. The smallest absolute Gasteiger partial charge is 0.267 e. The number of anilines is 2. The van der Waals surface area contributed by atoms with Crippen molar-refractivity contribution in [2.24, 2.45) is 7.05 Å². The number of imidazole rings is 1. The number of fused-ring (bicyclic) bond motifs is 3. The second-order valence-electron chi connectivity index (χ2n) is 7.79. The zero-order valence-electron chi connectivity index (χ0n) is 17.4. The Kier molecular flexibility index (Phi) is 4.50. The number of hydrogen-bond donors (Lipinski definition) is 1. The van der Waals surface area contributed by atoms with E-state index in [1.54, 1.807) is 25.2 Å². The van der Waals surface area contributed by atoms with Crippen LogP contribution in [-0.4, -0.2) is 20.7 Å². The number of rotatable bonds is 4. The summed E-state index contributed by atoms with van der Waals surface area (Å²) in [6.07, 6.45) is 0.969. The molecule has 0 atom stereocenters. The Morgan fingerprint density at radius 2 is 1.84 bits per heavy atom. The summed E-state index contributed by atoms with van der Waals surface area (Å²) in [5, 5.41) is 0. The first kappa shape index (κ1) is 19.3. The molecule has 3 heterocycles. The second kappa shape index (κ2) is 7.23. The molecule has 0 spiro atoms. The molecule has 2 aromatic heterocycles. The van der Waals surface area contributed by atoms with E-state index < -0.39 is 17.1 Å². The van der Waals surface area contributed by atoms with Gasteiger partial charge in [0.25, 0.3) is 5.56 Å². The van der Waals surface area contributed by atoms with Gasteiger partial charge >= 0.3 is 11.6 Å². The van der Waals surface area contributed by atoms with Crippen LogP contribution in [0.25, 0.3) is 11.2 Å². The van der Waals surface area contributed by atoms with Crippen LogP contribution in [0.4, 0.5) is 16.0 Å². The molecule has 0 bridgehead atoms. The van der Waals surface area contributed by atoms with E-state index in [2.05, 4.69) is 41.1 Å². The summed E-state index contributed by atoms with van der Waals surface area (Å²) in [5.74, 6) is 0.320. The summed E-state index contributed by atoms with van der Waals surface area (Å²) in [6, 6.07) is 14.5. The van der Waals surface area contributed by atoms with Gasteiger partial charge in [0, 0.05) is 12.6 Å². The molecule has 0 amide bonds. The lowest BCUT2D eigenvalue weighted by molar-refractivity contribution is -0.644. The Morgan fingerprint density at radius 1 is 1.10 bits per heavy atom. The number of H-pyrrole nitrogens is 1. The average Bonchev–Trinajstić information content (AvgIpc) is 3.36. The molecule has 2 aromatic carbocycles. The van der Waals surface area contributed by atoms with Gasteiger partial charge in [-0.25, -0.2) is 23.6 Å². The number of halogens is 1. The topological polar surface area (TPSA) is 66.9 Å². The summed E-state index contributed by atoms with van der Waals surface area (Å²) < 4.78 is 18.6. The van der Waals surface area contributed by atoms with Gasteiger partial charge in [0.15, 0.2) is 0 Å². The van der Waals surface area contributed by atoms with Gasteiger partial charge in [0.05, 0.1) is 6.54 Å². The Balaban J connectivity index is 1.65. The highest BCUT2D eigenvalue weighted by molar-refractivity contribution is 5.70. The summed E-state index contributed by atoms with van der Waals surface area (Å²) in [6.45, 7) is 3.32. The third-order valence-electron chi connectivity index (χ3n) is 6.03. The van der Waals surface area contributed by atoms with Crippen LogP contribution in [0.1, 0.15) is 18.1 Å². The third-order valence-corrected chi connectivity index (χ3v) is 6.03. The summed E-state index contributed by atoms with van der Waals surface area (Å²) in [5.41, 5.74) is 2.55. The molecule has 4 aromatic rings. The zero-order chi connectivity index (χ0) is 21.7. The van der Waals surface area contributed by atoms with Gasteiger partial charge in [-0.15, -0.1) is 0 Å². The lowest BCUT2D eigenvalue weighted by Crippen LogP contribution is -2.44. The number of nitrogens with one attached hydrogen (secondary N) is 1. The molecule has 31 heavy (non-hydrogen) atoms. The number of nitrogens with zero attached hydrogens (tertiary/aromatic N) is 4. The van der Waals surface area contributed by atoms with Crippen molar-refractivity contribution in [3.63, 3.8) is 0 Å². The van der Waals surface area contributed by atoms with Gasteiger partial charge in [-0.1, -0.05) is 37.3 Å². The van der Waals surface area contributed by atoms with Crippen LogP contribution in [0.3, 0.4) is 0 Å². The fourth-order valence-corrected chi connectivity index (χ4v) is 4.25. The van der Waals surface area contributed by atoms with Gasteiger partial charge in [-0.3, -0.25) is 13.9 Å². The van der Waals surface area contributed by atoms with Gasteiger partial charge < -0.3 is 0 Å². The standard InChI is InChI=1S/C23H22FN5O2/c1-3-15-8-10-17(11-9-15)27-12-13-28-19-20(25-22(27)28)26(2)23(31)29(21(19)30)14-16-6-4-5-7-18(16)24/h4-11H,3,12-14H2,1-2H3/p+1. The number of aromatic amines is 1. The minimum atomic E-state index is -0.486. The molecule has 158 valence electrons. The molecule has 5 rings (SSSR count). The maximum atomic E-state index is 14.2. The predicted octanol–water partition coefficient (Wildman–Crippen LogP) is 2.22. The first-order valence-corrected chi connectivity index (χ1v) is 10.3. The Bertz CT molecular complexity index is 1420. The quantitative estimate of drug-likeness (QED) is 0.515. The molecule has 0 saturated heterocycles. The lowest BCUT2D eigenvalue weighted by atomic mass is 10.1. The van der Waals surface area contributed by atoms with Crippen molar-refractivity contribution in [1.29, 1.82) is 0 Å². The number of aromatic nitrogens is 4. The molecule has 0 fully saturated rings. The largest absolute Gasteiger partial charge is 0.364 e. The molecule has 0 radical (unpaired) electrons. The van der Waals surface area contributed by atoms with E-state index in [9.17, 15) is 14.0 Å². The Hall–Kier alpha value is -3.68. The van der Waals surface area contributed by atoms with Crippen molar-refractivity contribution in [2.45, 2.75) is 26.4 Å². The second-order valence-corrected chi connectivity index (χ2v) is 7.79. The monoisotopic (exact) mass is 420 g/mol. The van der Waals surface area contributed by atoms with Crippen LogP contribution in [0.15, 0.2) is 58.1 Å². The van der Waals surface area contributed by atoms with E-state index in [4.69, 9.17) is 0 Å².